The quantitative estimate of drug-likeness (QED) is 0.499. The Balaban J connectivity index is 2.26. The van der Waals surface area contributed by atoms with E-state index in [9.17, 15) is 0 Å². The van der Waals surface area contributed by atoms with Crippen LogP contribution in [0.1, 0.15) is 39.2 Å². The minimum atomic E-state index is 0.808. The number of benzene rings is 2. The van der Waals surface area contributed by atoms with Crippen LogP contribution in [0.2, 0.25) is 0 Å². The topological polar surface area (TPSA) is 18.5 Å². The molecule has 0 amide bonds. The van der Waals surface area contributed by atoms with E-state index < -0.39 is 0 Å². The average Bonchev–Trinajstić information content (AvgIpc) is 2.66. The monoisotopic (exact) mass is 350 g/mol. The van der Waals surface area contributed by atoms with Crippen molar-refractivity contribution in [3.63, 3.8) is 0 Å². The van der Waals surface area contributed by atoms with E-state index in [0.29, 0.717) is 0 Å². The maximum Gasteiger partial charge on any atom is 0.126 e. The molecule has 0 spiro atoms. The van der Waals surface area contributed by atoms with E-state index in [1.807, 2.05) is 18.2 Å². The van der Waals surface area contributed by atoms with Crippen molar-refractivity contribution in [1.29, 1.82) is 0 Å². The van der Waals surface area contributed by atoms with Gasteiger partial charge >= 0.3 is 0 Å². The highest BCUT2D eigenvalue weighted by molar-refractivity contribution is 5.69. The van der Waals surface area contributed by atoms with Gasteiger partial charge in [0.2, 0.25) is 0 Å². The minimum absolute atomic E-state index is 0.808. The van der Waals surface area contributed by atoms with Crippen molar-refractivity contribution in [2.75, 3.05) is 14.2 Å². The third-order valence-electron chi connectivity index (χ3n) is 4.46. The Hall–Kier alpha value is -2.48. The van der Waals surface area contributed by atoms with Crippen LogP contribution in [0.5, 0.6) is 11.5 Å². The van der Waals surface area contributed by atoms with Crippen LogP contribution in [0.15, 0.2) is 65.8 Å². The number of methoxy groups -OCH3 is 2. The molecule has 0 N–H and O–H groups in total. The molecule has 2 aromatic carbocycles. The molecule has 0 atom stereocenters. The molecule has 0 saturated heterocycles. The predicted molar refractivity (Wildman–Crippen MR) is 111 cm³/mol. The van der Waals surface area contributed by atoms with Crippen molar-refractivity contribution in [3.8, 4) is 22.6 Å². The van der Waals surface area contributed by atoms with Crippen molar-refractivity contribution in [2.24, 2.45) is 0 Å². The Kier molecular flexibility index (Phi) is 7.53. The molecule has 2 nitrogen and oxygen atoms in total. The zero-order valence-corrected chi connectivity index (χ0v) is 16.6. The maximum atomic E-state index is 5.68. The third-order valence-corrected chi connectivity index (χ3v) is 4.46. The molecule has 2 heteroatoms. The van der Waals surface area contributed by atoms with E-state index in [2.05, 4.69) is 57.2 Å². The molecular weight excluding hydrogens is 320 g/mol. The molecule has 0 saturated carbocycles. The van der Waals surface area contributed by atoms with Crippen molar-refractivity contribution in [1.82, 2.24) is 0 Å². The average molecular weight is 351 g/mol. The number of rotatable bonds is 8. The molecule has 0 aromatic heterocycles. The van der Waals surface area contributed by atoms with E-state index in [-0.39, 0.29) is 0 Å². The smallest absolute Gasteiger partial charge is 0.126 e. The van der Waals surface area contributed by atoms with Crippen LogP contribution in [-0.2, 0) is 6.42 Å². The lowest BCUT2D eigenvalue weighted by molar-refractivity contribution is 0.387. The first-order valence-corrected chi connectivity index (χ1v) is 9.14. The molecule has 2 rings (SSSR count). The molecule has 0 aliphatic heterocycles. The SMILES string of the molecule is COc1cc(-c2ccccc2)cc(OC)c1CC=C(C)CCC=C(C)C. The number of allylic oxidation sites excluding steroid dienone is 4. The summed E-state index contributed by atoms with van der Waals surface area (Å²) >= 11 is 0. The Morgan fingerprint density at radius 2 is 1.46 bits per heavy atom. The molecule has 26 heavy (non-hydrogen) atoms. The van der Waals surface area contributed by atoms with Crippen LogP contribution >= 0.6 is 0 Å². The first-order valence-electron chi connectivity index (χ1n) is 9.14. The summed E-state index contributed by atoms with van der Waals surface area (Å²) in [5, 5.41) is 0. The normalized spacial score (nSPS) is 11.2. The van der Waals surface area contributed by atoms with Crippen molar-refractivity contribution in [2.45, 2.75) is 40.0 Å². The van der Waals surface area contributed by atoms with Gasteiger partial charge in [0.15, 0.2) is 0 Å². The highest BCUT2D eigenvalue weighted by Crippen LogP contribution is 2.35. The second kappa shape index (κ2) is 9.86. The number of hydrogen-bond acceptors (Lipinski definition) is 2. The van der Waals surface area contributed by atoms with Crippen molar-refractivity contribution < 1.29 is 9.47 Å². The first kappa shape index (κ1) is 19.8. The summed E-state index contributed by atoms with van der Waals surface area (Å²) < 4.78 is 11.4. The summed E-state index contributed by atoms with van der Waals surface area (Å²) in [5.41, 5.74) is 6.11. The van der Waals surface area contributed by atoms with Crippen LogP contribution in [0.3, 0.4) is 0 Å². The fraction of sp³-hybridized carbons (Fsp3) is 0.333. The van der Waals surface area contributed by atoms with E-state index in [1.165, 1.54) is 11.1 Å². The summed E-state index contributed by atoms with van der Waals surface area (Å²) in [7, 11) is 3.44. The minimum Gasteiger partial charge on any atom is -0.496 e. The van der Waals surface area contributed by atoms with Crippen LogP contribution in [0.25, 0.3) is 11.1 Å². The lowest BCUT2D eigenvalue weighted by Crippen LogP contribution is -1.97. The fourth-order valence-electron chi connectivity index (χ4n) is 2.95. The molecule has 0 bridgehead atoms. The summed E-state index contributed by atoms with van der Waals surface area (Å²) in [5.74, 6) is 1.74. The first-order chi connectivity index (χ1) is 12.5. The van der Waals surface area contributed by atoms with Crippen molar-refractivity contribution in [3.05, 3.63) is 71.3 Å². The lowest BCUT2D eigenvalue weighted by Gasteiger charge is -2.15. The maximum absolute atomic E-state index is 5.68. The Bertz CT molecular complexity index is 741. The molecule has 0 heterocycles. The molecule has 2 aromatic rings. The second-order valence-corrected chi connectivity index (χ2v) is 6.80. The third kappa shape index (κ3) is 5.52. The van der Waals surface area contributed by atoms with Gasteiger partial charge in [0.05, 0.1) is 14.2 Å². The molecule has 0 aliphatic carbocycles. The fourth-order valence-corrected chi connectivity index (χ4v) is 2.95. The summed E-state index contributed by atoms with van der Waals surface area (Å²) in [4.78, 5) is 0. The lowest BCUT2D eigenvalue weighted by atomic mass is 9.99. The van der Waals surface area contributed by atoms with Gasteiger partial charge in [-0.25, -0.2) is 0 Å². The van der Waals surface area contributed by atoms with Gasteiger partial charge in [-0.05, 0) is 63.3 Å². The van der Waals surface area contributed by atoms with Crippen LogP contribution in [-0.4, -0.2) is 14.2 Å². The predicted octanol–water partition coefficient (Wildman–Crippen LogP) is 6.61. The highest BCUT2D eigenvalue weighted by Gasteiger charge is 2.12. The van der Waals surface area contributed by atoms with E-state index in [4.69, 9.17) is 9.47 Å². The van der Waals surface area contributed by atoms with Crippen LogP contribution in [0, 0.1) is 0 Å². The Morgan fingerprint density at radius 3 is 2.00 bits per heavy atom. The van der Waals surface area contributed by atoms with E-state index in [0.717, 1.165) is 47.5 Å². The van der Waals surface area contributed by atoms with E-state index >= 15 is 0 Å². The summed E-state index contributed by atoms with van der Waals surface area (Å²) in [6, 6.07) is 14.5. The van der Waals surface area contributed by atoms with Gasteiger partial charge in [0.25, 0.3) is 0 Å². The largest absolute Gasteiger partial charge is 0.496 e. The number of hydrogen-bond donors (Lipinski definition) is 0. The van der Waals surface area contributed by atoms with Gasteiger partial charge in [0, 0.05) is 5.56 Å². The van der Waals surface area contributed by atoms with Gasteiger partial charge in [-0.15, -0.1) is 0 Å². The molecule has 138 valence electrons. The Labute approximate surface area is 158 Å². The van der Waals surface area contributed by atoms with Gasteiger partial charge < -0.3 is 9.47 Å². The van der Waals surface area contributed by atoms with Crippen LogP contribution in [0.4, 0.5) is 0 Å². The molecule has 0 aliphatic rings. The molecule has 0 unspecified atom stereocenters. The molecule has 0 fully saturated rings. The second-order valence-electron chi connectivity index (χ2n) is 6.80. The Morgan fingerprint density at radius 1 is 0.846 bits per heavy atom. The molecular formula is C24H30O2. The van der Waals surface area contributed by atoms with Crippen LogP contribution < -0.4 is 9.47 Å². The zero-order valence-electron chi connectivity index (χ0n) is 16.6. The van der Waals surface area contributed by atoms with Crippen molar-refractivity contribution >= 4 is 0 Å². The van der Waals surface area contributed by atoms with Gasteiger partial charge in [-0.2, -0.15) is 0 Å². The number of ether oxygens (including phenoxy) is 2. The highest BCUT2D eigenvalue weighted by atomic mass is 16.5. The zero-order chi connectivity index (χ0) is 18.9. The van der Waals surface area contributed by atoms with E-state index in [1.54, 1.807) is 14.2 Å². The summed E-state index contributed by atoms with van der Waals surface area (Å²) in [6.07, 6.45) is 7.54. The van der Waals surface area contributed by atoms with Gasteiger partial charge in [-0.1, -0.05) is 53.6 Å². The van der Waals surface area contributed by atoms with Gasteiger partial charge in [-0.3, -0.25) is 0 Å². The summed E-state index contributed by atoms with van der Waals surface area (Å²) in [6.45, 7) is 6.47. The standard InChI is InChI=1S/C24H30O2/c1-18(2)10-9-11-19(3)14-15-22-23(25-4)16-21(17-24(22)26-5)20-12-7-6-8-13-20/h6-8,10,12-14,16-17H,9,11,15H2,1-5H3. The molecule has 0 radical (unpaired) electrons. The van der Waals surface area contributed by atoms with Gasteiger partial charge in [0.1, 0.15) is 11.5 Å².